The minimum atomic E-state index is -0.800. The topological polar surface area (TPSA) is 50.9 Å². The number of hydrogen-bond donors (Lipinski definition) is 1. The summed E-state index contributed by atoms with van der Waals surface area (Å²) < 4.78 is 1.78. The van der Waals surface area contributed by atoms with Crippen molar-refractivity contribution >= 4 is 0 Å². The van der Waals surface area contributed by atoms with Crippen molar-refractivity contribution in [2.24, 2.45) is 0 Å². The normalized spacial score (nSPS) is 12.0. The second-order valence-corrected chi connectivity index (χ2v) is 3.61. The molecule has 0 unspecified atom stereocenters. The lowest BCUT2D eigenvalue weighted by atomic mass is 9.94. The quantitative estimate of drug-likeness (QED) is 0.781. The fourth-order valence-electron chi connectivity index (χ4n) is 1.46. The van der Waals surface area contributed by atoms with Crippen LogP contribution in [-0.4, -0.2) is 20.1 Å². The second kappa shape index (κ2) is 4.55. The maximum Gasteiger partial charge on any atom is 0.114 e. The average molecular weight is 197 g/mol. The highest BCUT2D eigenvalue weighted by atomic mass is 16.3. The lowest BCUT2D eigenvalue weighted by Gasteiger charge is -2.21. The van der Waals surface area contributed by atoms with E-state index in [1.165, 1.54) is 0 Å². The molecule has 0 amide bonds. The molecule has 0 atom stereocenters. The molecule has 0 aromatic carbocycles. The number of aromatic nitrogens is 3. The van der Waals surface area contributed by atoms with Crippen LogP contribution in [0.4, 0.5) is 0 Å². The van der Waals surface area contributed by atoms with Gasteiger partial charge in [-0.1, -0.05) is 26.0 Å². The van der Waals surface area contributed by atoms with E-state index in [1.807, 2.05) is 20.0 Å². The first-order valence-corrected chi connectivity index (χ1v) is 5.29. The predicted molar refractivity (Wildman–Crippen MR) is 54.8 cm³/mol. The second-order valence-electron chi connectivity index (χ2n) is 3.61. The lowest BCUT2D eigenvalue weighted by Crippen LogP contribution is -2.23. The van der Waals surface area contributed by atoms with Crippen molar-refractivity contribution in [2.75, 3.05) is 0 Å². The zero-order valence-corrected chi connectivity index (χ0v) is 9.19. The number of rotatable bonds is 5. The van der Waals surface area contributed by atoms with Gasteiger partial charge in [-0.15, -0.1) is 5.10 Å². The molecule has 1 rings (SSSR count). The van der Waals surface area contributed by atoms with Gasteiger partial charge in [-0.25, -0.2) is 0 Å². The zero-order chi connectivity index (χ0) is 10.6. The molecular formula is C10H19N3O. The van der Waals surface area contributed by atoms with E-state index in [-0.39, 0.29) is 0 Å². The van der Waals surface area contributed by atoms with Gasteiger partial charge in [0.1, 0.15) is 11.3 Å². The molecule has 0 aliphatic rings. The third-order valence-corrected chi connectivity index (χ3v) is 2.64. The number of hydrogen-bond acceptors (Lipinski definition) is 3. The van der Waals surface area contributed by atoms with Crippen molar-refractivity contribution in [1.82, 2.24) is 15.0 Å². The molecule has 0 saturated heterocycles. The molecule has 0 saturated carbocycles. The van der Waals surface area contributed by atoms with Crippen LogP contribution in [0.15, 0.2) is 6.20 Å². The molecule has 1 N–H and O–H groups in total. The molecular weight excluding hydrogens is 178 g/mol. The van der Waals surface area contributed by atoms with Crippen molar-refractivity contribution in [3.8, 4) is 0 Å². The Bertz CT molecular complexity index is 279. The van der Waals surface area contributed by atoms with Gasteiger partial charge in [0.15, 0.2) is 0 Å². The van der Waals surface area contributed by atoms with Crippen LogP contribution in [0, 0.1) is 0 Å². The van der Waals surface area contributed by atoms with Crippen molar-refractivity contribution < 1.29 is 5.11 Å². The maximum atomic E-state index is 10.2. The zero-order valence-electron chi connectivity index (χ0n) is 9.19. The van der Waals surface area contributed by atoms with Crippen LogP contribution in [0.5, 0.6) is 0 Å². The van der Waals surface area contributed by atoms with Gasteiger partial charge < -0.3 is 5.11 Å². The molecule has 14 heavy (non-hydrogen) atoms. The van der Waals surface area contributed by atoms with E-state index >= 15 is 0 Å². The fourth-order valence-corrected chi connectivity index (χ4v) is 1.46. The maximum absolute atomic E-state index is 10.2. The summed E-state index contributed by atoms with van der Waals surface area (Å²) >= 11 is 0. The van der Waals surface area contributed by atoms with Gasteiger partial charge in [0, 0.05) is 6.54 Å². The van der Waals surface area contributed by atoms with E-state index in [1.54, 1.807) is 4.68 Å². The number of aryl methyl sites for hydroxylation is 1. The Morgan fingerprint density at radius 1 is 1.36 bits per heavy atom. The molecule has 4 heteroatoms. The van der Waals surface area contributed by atoms with Crippen LogP contribution in [0.2, 0.25) is 0 Å². The van der Waals surface area contributed by atoms with Gasteiger partial charge in [-0.3, -0.25) is 4.68 Å². The van der Waals surface area contributed by atoms with Crippen molar-refractivity contribution in [2.45, 2.75) is 52.2 Å². The van der Waals surface area contributed by atoms with Crippen molar-refractivity contribution in [1.29, 1.82) is 0 Å². The molecule has 1 aromatic rings. The molecule has 4 nitrogen and oxygen atoms in total. The molecule has 0 fully saturated rings. The summed E-state index contributed by atoms with van der Waals surface area (Å²) in [6.07, 6.45) is 4.22. The molecule has 80 valence electrons. The van der Waals surface area contributed by atoms with Crippen LogP contribution in [0.1, 0.15) is 45.7 Å². The highest BCUT2D eigenvalue weighted by Gasteiger charge is 2.28. The Hall–Kier alpha value is -0.900. The minimum Gasteiger partial charge on any atom is -0.383 e. The summed E-state index contributed by atoms with van der Waals surface area (Å²) in [7, 11) is 0. The third kappa shape index (κ3) is 2.12. The standard InChI is InChI=1S/C10H19N3O/c1-4-7-13-8-9(11-12-13)10(14,5-2)6-3/h8,14H,4-7H2,1-3H3. The van der Waals surface area contributed by atoms with E-state index < -0.39 is 5.60 Å². The Balaban J connectivity index is 2.84. The van der Waals surface area contributed by atoms with Crippen molar-refractivity contribution in [3.05, 3.63) is 11.9 Å². The Morgan fingerprint density at radius 2 is 2.00 bits per heavy atom. The van der Waals surface area contributed by atoms with Gasteiger partial charge in [0.05, 0.1) is 6.20 Å². The highest BCUT2D eigenvalue weighted by Crippen LogP contribution is 2.25. The van der Waals surface area contributed by atoms with Crippen LogP contribution < -0.4 is 0 Å². The molecule has 0 spiro atoms. The molecule has 1 aromatic heterocycles. The summed E-state index contributed by atoms with van der Waals surface area (Å²) in [6.45, 7) is 6.87. The molecule has 0 radical (unpaired) electrons. The highest BCUT2D eigenvalue weighted by molar-refractivity contribution is 5.05. The number of nitrogens with zero attached hydrogens (tertiary/aromatic N) is 3. The van der Waals surface area contributed by atoms with Gasteiger partial charge in [0.25, 0.3) is 0 Å². The Morgan fingerprint density at radius 3 is 2.50 bits per heavy atom. The molecule has 0 aliphatic carbocycles. The lowest BCUT2D eigenvalue weighted by molar-refractivity contribution is 0.0239. The smallest absolute Gasteiger partial charge is 0.114 e. The first-order chi connectivity index (χ1) is 6.66. The molecule has 0 aliphatic heterocycles. The van der Waals surface area contributed by atoms with Gasteiger partial charge >= 0.3 is 0 Å². The van der Waals surface area contributed by atoms with E-state index in [4.69, 9.17) is 0 Å². The predicted octanol–water partition coefficient (Wildman–Crippen LogP) is 1.70. The molecule has 1 heterocycles. The Labute approximate surface area is 84.9 Å². The first kappa shape index (κ1) is 11.2. The third-order valence-electron chi connectivity index (χ3n) is 2.64. The monoisotopic (exact) mass is 197 g/mol. The summed E-state index contributed by atoms with van der Waals surface area (Å²) in [4.78, 5) is 0. The minimum absolute atomic E-state index is 0.675. The van der Waals surface area contributed by atoms with E-state index in [0.717, 1.165) is 13.0 Å². The van der Waals surface area contributed by atoms with Gasteiger partial charge in [0.2, 0.25) is 0 Å². The van der Waals surface area contributed by atoms with Crippen LogP contribution in [0.25, 0.3) is 0 Å². The van der Waals surface area contributed by atoms with Crippen LogP contribution >= 0.6 is 0 Å². The van der Waals surface area contributed by atoms with E-state index in [9.17, 15) is 5.11 Å². The van der Waals surface area contributed by atoms with Crippen LogP contribution in [-0.2, 0) is 12.1 Å². The largest absolute Gasteiger partial charge is 0.383 e. The summed E-state index contributed by atoms with van der Waals surface area (Å²) in [6, 6.07) is 0. The van der Waals surface area contributed by atoms with Gasteiger partial charge in [-0.2, -0.15) is 0 Å². The van der Waals surface area contributed by atoms with Crippen LogP contribution in [0.3, 0.4) is 0 Å². The SMILES string of the molecule is CCCn1cc(C(O)(CC)CC)nn1. The summed E-state index contributed by atoms with van der Waals surface area (Å²) in [5.74, 6) is 0. The van der Waals surface area contributed by atoms with E-state index in [0.29, 0.717) is 18.5 Å². The van der Waals surface area contributed by atoms with Gasteiger partial charge in [-0.05, 0) is 19.3 Å². The summed E-state index contributed by atoms with van der Waals surface area (Å²) in [5.41, 5.74) is -0.109. The first-order valence-electron chi connectivity index (χ1n) is 5.29. The Kier molecular flexibility index (Phi) is 3.63. The fraction of sp³-hybridized carbons (Fsp3) is 0.800. The average Bonchev–Trinajstić information content (AvgIpc) is 2.66. The summed E-state index contributed by atoms with van der Waals surface area (Å²) in [5, 5.41) is 18.2. The number of aliphatic hydroxyl groups is 1. The van der Waals surface area contributed by atoms with Crippen molar-refractivity contribution in [3.63, 3.8) is 0 Å². The molecule has 0 bridgehead atoms. The van der Waals surface area contributed by atoms with E-state index in [2.05, 4.69) is 17.2 Å².